The van der Waals surface area contributed by atoms with Gasteiger partial charge in [0.2, 0.25) is 0 Å². The summed E-state index contributed by atoms with van der Waals surface area (Å²) in [7, 11) is -2.06. The minimum absolute atomic E-state index is 0.00926. The van der Waals surface area contributed by atoms with Crippen LogP contribution in [0.3, 0.4) is 0 Å². The summed E-state index contributed by atoms with van der Waals surface area (Å²) >= 11 is 0. The molecule has 0 saturated heterocycles. The highest BCUT2D eigenvalue weighted by Crippen LogP contribution is 2.37. The van der Waals surface area contributed by atoms with Crippen LogP contribution in [0.5, 0.6) is 0 Å². The first-order valence-electron chi connectivity index (χ1n) is 7.30. The molecule has 5 nitrogen and oxygen atoms in total. The minimum Gasteiger partial charge on any atom is -0.450 e. The lowest BCUT2D eigenvalue weighted by atomic mass is 10.2. The fourth-order valence-electron chi connectivity index (χ4n) is 1.19. The molecular formula is C14H31NO4Si. The van der Waals surface area contributed by atoms with Crippen LogP contribution in [0.25, 0.3) is 0 Å². The van der Waals surface area contributed by atoms with Crippen LogP contribution in [0.15, 0.2) is 0 Å². The molecule has 0 heterocycles. The third-order valence-electron chi connectivity index (χ3n) is 3.73. The average Bonchev–Trinajstić information content (AvgIpc) is 2.27. The molecule has 0 radical (unpaired) electrons. The Morgan fingerprint density at radius 2 is 1.90 bits per heavy atom. The van der Waals surface area contributed by atoms with E-state index in [9.17, 15) is 9.90 Å². The van der Waals surface area contributed by atoms with E-state index < -0.39 is 26.7 Å². The Balaban J connectivity index is 4.28. The second kappa shape index (κ2) is 8.00. The van der Waals surface area contributed by atoms with Crippen LogP contribution in [-0.2, 0) is 9.16 Å². The van der Waals surface area contributed by atoms with E-state index in [2.05, 4.69) is 39.2 Å². The van der Waals surface area contributed by atoms with Crippen LogP contribution in [0.4, 0.5) is 4.79 Å². The van der Waals surface area contributed by atoms with Gasteiger partial charge in [0, 0.05) is 0 Å². The molecule has 0 aliphatic carbocycles. The van der Waals surface area contributed by atoms with Crippen LogP contribution in [0, 0.1) is 0 Å². The van der Waals surface area contributed by atoms with Crippen molar-refractivity contribution in [2.45, 2.75) is 77.9 Å². The summed E-state index contributed by atoms with van der Waals surface area (Å²) in [6.45, 7) is 14.5. The Kier molecular flexibility index (Phi) is 7.76. The monoisotopic (exact) mass is 305 g/mol. The zero-order valence-corrected chi connectivity index (χ0v) is 14.9. The Morgan fingerprint density at radius 3 is 2.35 bits per heavy atom. The zero-order valence-electron chi connectivity index (χ0n) is 13.9. The van der Waals surface area contributed by atoms with Crippen LogP contribution >= 0.6 is 0 Å². The molecule has 0 saturated carbocycles. The van der Waals surface area contributed by atoms with Gasteiger partial charge in [-0.1, -0.05) is 34.1 Å². The largest absolute Gasteiger partial charge is 0.450 e. The summed E-state index contributed by atoms with van der Waals surface area (Å²) in [4.78, 5) is 11.5. The lowest BCUT2D eigenvalue weighted by Gasteiger charge is -2.39. The van der Waals surface area contributed by atoms with Crippen LogP contribution < -0.4 is 5.32 Å². The molecule has 0 aliphatic heterocycles. The first-order chi connectivity index (χ1) is 9.01. The molecule has 20 heavy (non-hydrogen) atoms. The van der Waals surface area contributed by atoms with Crippen LogP contribution in [-0.4, -0.2) is 38.5 Å². The van der Waals surface area contributed by atoms with E-state index in [0.29, 0.717) is 6.61 Å². The quantitative estimate of drug-likeness (QED) is 0.430. The molecule has 0 aromatic carbocycles. The average molecular weight is 305 g/mol. The molecule has 0 aromatic heterocycles. The van der Waals surface area contributed by atoms with Crippen molar-refractivity contribution in [3.8, 4) is 0 Å². The van der Waals surface area contributed by atoms with Gasteiger partial charge >= 0.3 is 6.09 Å². The summed E-state index contributed by atoms with van der Waals surface area (Å²) in [6, 6.07) is -0.502. The highest BCUT2D eigenvalue weighted by Gasteiger charge is 2.40. The van der Waals surface area contributed by atoms with Crippen molar-refractivity contribution < 1.29 is 19.1 Å². The standard InChI is InChI=1S/C14H31NO4Si/c1-8-9-10-18-13(17)15-11(2)12(16)19-20(6,7)14(3,4)5/h11-12,16H,8-10H2,1-7H3,(H,15,17). The summed E-state index contributed by atoms with van der Waals surface area (Å²) in [5.74, 6) is 0. The first-order valence-corrected chi connectivity index (χ1v) is 10.2. The van der Waals surface area contributed by atoms with Gasteiger partial charge in [-0.2, -0.15) is 0 Å². The van der Waals surface area contributed by atoms with Gasteiger partial charge in [0.1, 0.15) is 0 Å². The predicted octanol–water partition coefficient (Wildman–Crippen LogP) is 3.24. The van der Waals surface area contributed by atoms with E-state index in [1.54, 1.807) is 6.92 Å². The number of carbonyl (C=O) groups is 1. The molecule has 2 N–H and O–H groups in total. The Hall–Kier alpha value is -0.593. The first kappa shape index (κ1) is 19.4. The van der Waals surface area contributed by atoms with Crippen molar-refractivity contribution >= 4 is 14.4 Å². The number of carbonyl (C=O) groups excluding carboxylic acids is 1. The Bertz CT molecular complexity index is 302. The zero-order chi connectivity index (χ0) is 16.0. The van der Waals surface area contributed by atoms with Crippen LogP contribution in [0.2, 0.25) is 18.1 Å². The lowest BCUT2D eigenvalue weighted by molar-refractivity contribution is -0.0505. The van der Waals surface area contributed by atoms with E-state index in [1.165, 1.54) is 0 Å². The van der Waals surface area contributed by atoms with Gasteiger partial charge in [-0.3, -0.25) is 0 Å². The molecular weight excluding hydrogens is 274 g/mol. The smallest absolute Gasteiger partial charge is 0.407 e. The number of rotatable bonds is 7. The van der Waals surface area contributed by atoms with Gasteiger partial charge in [0.15, 0.2) is 14.6 Å². The van der Waals surface area contributed by atoms with Gasteiger partial charge in [0.05, 0.1) is 12.6 Å². The highest BCUT2D eigenvalue weighted by molar-refractivity contribution is 6.74. The minimum atomic E-state index is -2.06. The second-order valence-corrected chi connectivity index (χ2v) is 11.4. The maximum atomic E-state index is 11.5. The number of amides is 1. The molecule has 0 rings (SSSR count). The van der Waals surface area contributed by atoms with Crippen molar-refractivity contribution in [2.24, 2.45) is 0 Å². The predicted molar refractivity (Wildman–Crippen MR) is 83.1 cm³/mol. The molecule has 120 valence electrons. The Morgan fingerprint density at radius 1 is 1.35 bits per heavy atom. The third-order valence-corrected chi connectivity index (χ3v) is 8.17. The fourth-order valence-corrected chi connectivity index (χ4v) is 2.35. The van der Waals surface area contributed by atoms with Crippen molar-refractivity contribution in [1.82, 2.24) is 5.32 Å². The van der Waals surface area contributed by atoms with E-state index in [4.69, 9.17) is 9.16 Å². The summed E-state index contributed by atoms with van der Waals surface area (Å²) in [5, 5.41) is 12.7. The Labute approximate surface area is 124 Å². The molecule has 6 heteroatoms. The number of hydrogen-bond donors (Lipinski definition) is 2. The summed E-state index contributed by atoms with van der Waals surface area (Å²) in [5.41, 5.74) is 0. The van der Waals surface area contributed by atoms with E-state index in [1.807, 2.05) is 6.92 Å². The lowest BCUT2D eigenvalue weighted by Crippen LogP contribution is -2.50. The van der Waals surface area contributed by atoms with Crippen molar-refractivity contribution in [1.29, 1.82) is 0 Å². The maximum Gasteiger partial charge on any atom is 0.407 e. The number of unbranched alkanes of at least 4 members (excludes halogenated alkanes) is 1. The number of aliphatic hydroxyl groups excluding tert-OH is 1. The molecule has 0 aliphatic rings. The number of nitrogens with one attached hydrogen (secondary N) is 1. The fraction of sp³-hybridized carbons (Fsp3) is 0.929. The summed E-state index contributed by atoms with van der Waals surface area (Å²) in [6.07, 6.45) is 0.281. The van der Waals surface area contributed by atoms with Crippen LogP contribution in [0.1, 0.15) is 47.5 Å². The molecule has 2 atom stereocenters. The molecule has 2 unspecified atom stereocenters. The number of hydrogen-bond acceptors (Lipinski definition) is 4. The number of alkyl carbamates (subject to hydrolysis) is 1. The second-order valence-electron chi connectivity index (χ2n) is 6.69. The summed E-state index contributed by atoms with van der Waals surface area (Å²) < 4.78 is 10.8. The van der Waals surface area contributed by atoms with Crippen molar-refractivity contribution in [2.75, 3.05) is 6.61 Å². The normalized spacial score (nSPS) is 15.6. The van der Waals surface area contributed by atoms with Gasteiger partial charge in [-0.15, -0.1) is 0 Å². The van der Waals surface area contributed by atoms with E-state index >= 15 is 0 Å². The molecule has 0 spiro atoms. The maximum absolute atomic E-state index is 11.5. The third kappa shape index (κ3) is 6.72. The highest BCUT2D eigenvalue weighted by atomic mass is 28.4. The van der Waals surface area contributed by atoms with E-state index in [0.717, 1.165) is 12.8 Å². The molecule has 0 aromatic rings. The van der Waals surface area contributed by atoms with Crippen molar-refractivity contribution in [3.63, 3.8) is 0 Å². The SMILES string of the molecule is CCCCOC(=O)NC(C)C(O)O[Si](C)(C)C(C)(C)C. The van der Waals surface area contributed by atoms with Gasteiger partial charge in [-0.05, 0) is 31.5 Å². The molecule has 0 fully saturated rings. The van der Waals surface area contributed by atoms with Crippen molar-refractivity contribution in [3.05, 3.63) is 0 Å². The van der Waals surface area contributed by atoms with Gasteiger partial charge in [-0.25, -0.2) is 4.79 Å². The van der Waals surface area contributed by atoms with E-state index in [-0.39, 0.29) is 5.04 Å². The number of ether oxygens (including phenoxy) is 1. The topological polar surface area (TPSA) is 67.8 Å². The van der Waals surface area contributed by atoms with Gasteiger partial charge < -0.3 is 19.6 Å². The van der Waals surface area contributed by atoms with Gasteiger partial charge in [0.25, 0.3) is 0 Å². The molecule has 1 amide bonds. The number of aliphatic hydroxyl groups is 1. The molecule has 0 bridgehead atoms.